The standard InChI is InChI=1S/C31H20F12O/c1-2-3-15-4-6-19(21(32)8-15)17-11-22(33)20(23(34)12-17)7-5-16-9-24(35)28(25(36)10-16)18-13-26(37)29(27(38)14-18)30(39,40)44-31(41,42)43/h4,6,8-14H,2-3,5,7H2,1H3. The van der Waals surface area contributed by atoms with Crippen LogP contribution in [-0.4, -0.2) is 6.36 Å². The zero-order chi connectivity index (χ0) is 32.6. The van der Waals surface area contributed by atoms with Crippen molar-refractivity contribution >= 4 is 0 Å². The number of aryl methyl sites for hydroxylation is 2. The molecule has 234 valence electrons. The molecule has 0 aliphatic carbocycles. The van der Waals surface area contributed by atoms with Crippen molar-refractivity contribution in [2.24, 2.45) is 0 Å². The van der Waals surface area contributed by atoms with Gasteiger partial charge in [-0.05, 0) is 84.0 Å². The Labute approximate surface area is 242 Å². The van der Waals surface area contributed by atoms with Gasteiger partial charge in [0.1, 0.15) is 46.3 Å². The van der Waals surface area contributed by atoms with E-state index >= 15 is 0 Å². The third-order valence-electron chi connectivity index (χ3n) is 6.66. The van der Waals surface area contributed by atoms with Crippen LogP contribution in [0.5, 0.6) is 0 Å². The van der Waals surface area contributed by atoms with Gasteiger partial charge in [0.2, 0.25) is 0 Å². The summed E-state index contributed by atoms with van der Waals surface area (Å²) in [5, 5.41) is 0. The lowest BCUT2D eigenvalue weighted by Gasteiger charge is -2.20. The van der Waals surface area contributed by atoms with Crippen LogP contribution in [0.15, 0.2) is 54.6 Å². The Bertz CT molecular complexity index is 1630. The predicted molar refractivity (Wildman–Crippen MR) is 136 cm³/mol. The maximum atomic E-state index is 14.9. The van der Waals surface area contributed by atoms with Crippen LogP contribution in [0.1, 0.15) is 35.6 Å². The van der Waals surface area contributed by atoms with Crippen LogP contribution in [0.4, 0.5) is 52.7 Å². The van der Waals surface area contributed by atoms with E-state index in [9.17, 15) is 52.7 Å². The summed E-state index contributed by atoms with van der Waals surface area (Å²) in [6.07, 6.45) is -10.8. The van der Waals surface area contributed by atoms with Crippen molar-refractivity contribution in [1.82, 2.24) is 0 Å². The predicted octanol–water partition coefficient (Wildman–Crippen LogP) is 10.3. The Morgan fingerprint density at radius 1 is 0.545 bits per heavy atom. The van der Waals surface area contributed by atoms with Gasteiger partial charge in [-0.1, -0.05) is 25.5 Å². The van der Waals surface area contributed by atoms with Crippen LogP contribution >= 0.6 is 0 Å². The molecule has 4 aromatic carbocycles. The van der Waals surface area contributed by atoms with Crippen LogP contribution < -0.4 is 0 Å². The van der Waals surface area contributed by atoms with Crippen molar-refractivity contribution in [1.29, 1.82) is 0 Å². The number of rotatable bonds is 9. The number of hydrogen-bond acceptors (Lipinski definition) is 1. The molecule has 1 nitrogen and oxygen atoms in total. The lowest BCUT2D eigenvalue weighted by Crippen LogP contribution is -2.29. The zero-order valence-electron chi connectivity index (χ0n) is 22.5. The molecule has 0 N–H and O–H groups in total. The molecular formula is C31H20F12O. The van der Waals surface area contributed by atoms with E-state index in [-0.39, 0.29) is 35.2 Å². The quantitative estimate of drug-likeness (QED) is 0.166. The molecular weight excluding hydrogens is 616 g/mol. The number of halogens is 12. The summed E-state index contributed by atoms with van der Waals surface area (Å²) in [6, 6.07) is 7.46. The molecule has 13 heteroatoms. The highest BCUT2D eigenvalue weighted by molar-refractivity contribution is 5.67. The first-order chi connectivity index (χ1) is 20.5. The molecule has 0 unspecified atom stereocenters. The third kappa shape index (κ3) is 7.20. The number of benzene rings is 4. The fourth-order valence-corrected chi connectivity index (χ4v) is 4.74. The van der Waals surface area contributed by atoms with Crippen LogP contribution in [-0.2, 0) is 30.1 Å². The van der Waals surface area contributed by atoms with Gasteiger partial charge >= 0.3 is 12.5 Å². The topological polar surface area (TPSA) is 9.23 Å². The molecule has 0 saturated carbocycles. The Kier molecular flexibility index (Phi) is 9.38. The van der Waals surface area contributed by atoms with Gasteiger partial charge in [-0.25, -0.2) is 35.5 Å². The van der Waals surface area contributed by atoms with Gasteiger partial charge in [0.25, 0.3) is 0 Å². The van der Waals surface area contributed by atoms with Crippen LogP contribution in [0.2, 0.25) is 0 Å². The molecule has 4 rings (SSSR count). The molecule has 0 aromatic heterocycles. The Morgan fingerprint density at radius 3 is 1.57 bits per heavy atom. The van der Waals surface area contributed by atoms with E-state index in [0.717, 1.165) is 18.6 Å². The molecule has 44 heavy (non-hydrogen) atoms. The minimum atomic E-state index is -5.97. The summed E-state index contributed by atoms with van der Waals surface area (Å²) < 4.78 is 169. The summed E-state index contributed by atoms with van der Waals surface area (Å²) in [5.41, 5.74) is -4.52. The van der Waals surface area contributed by atoms with Crippen molar-refractivity contribution in [3.05, 3.63) is 118 Å². The van der Waals surface area contributed by atoms with Gasteiger partial charge in [-0.15, -0.1) is 13.2 Å². The lowest BCUT2D eigenvalue weighted by molar-refractivity contribution is -0.432. The molecule has 0 fully saturated rings. The van der Waals surface area contributed by atoms with E-state index in [4.69, 9.17) is 0 Å². The van der Waals surface area contributed by atoms with Gasteiger partial charge in [-0.3, -0.25) is 0 Å². The van der Waals surface area contributed by atoms with Gasteiger partial charge in [0.15, 0.2) is 0 Å². The highest BCUT2D eigenvalue weighted by atomic mass is 19.4. The van der Waals surface area contributed by atoms with E-state index in [1.54, 1.807) is 6.07 Å². The van der Waals surface area contributed by atoms with Gasteiger partial charge in [0, 0.05) is 11.1 Å². The minimum Gasteiger partial charge on any atom is -0.222 e. The van der Waals surface area contributed by atoms with Crippen LogP contribution in [0.25, 0.3) is 22.3 Å². The van der Waals surface area contributed by atoms with Crippen molar-refractivity contribution in [2.75, 3.05) is 0 Å². The number of ether oxygens (including phenoxy) is 1. The average Bonchev–Trinajstić information content (AvgIpc) is 2.86. The molecule has 0 radical (unpaired) electrons. The van der Waals surface area contributed by atoms with Gasteiger partial charge < -0.3 is 0 Å². The molecule has 0 atom stereocenters. The number of hydrogen-bond donors (Lipinski definition) is 0. The van der Waals surface area contributed by atoms with Gasteiger partial charge in [0.05, 0.1) is 5.56 Å². The van der Waals surface area contributed by atoms with Gasteiger partial charge in [-0.2, -0.15) is 8.78 Å². The van der Waals surface area contributed by atoms with E-state index in [1.807, 2.05) is 6.92 Å². The SMILES string of the molecule is CCCc1ccc(-c2cc(F)c(CCc3cc(F)c(-c4cc(F)c(C(F)(F)OC(F)(F)F)c(F)c4)c(F)c3)c(F)c2)c(F)c1. The summed E-state index contributed by atoms with van der Waals surface area (Å²) in [4.78, 5) is 0. The molecule has 0 aliphatic rings. The lowest BCUT2D eigenvalue weighted by atomic mass is 9.96. The van der Waals surface area contributed by atoms with E-state index in [1.165, 1.54) is 12.1 Å². The van der Waals surface area contributed by atoms with E-state index in [2.05, 4.69) is 4.74 Å². The van der Waals surface area contributed by atoms with E-state index in [0.29, 0.717) is 24.1 Å². The Hall–Kier alpha value is -4.00. The summed E-state index contributed by atoms with van der Waals surface area (Å²) >= 11 is 0. The number of alkyl halides is 5. The van der Waals surface area contributed by atoms with Crippen LogP contribution in [0.3, 0.4) is 0 Å². The monoisotopic (exact) mass is 636 g/mol. The van der Waals surface area contributed by atoms with Crippen LogP contribution in [0, 0.1) is 40.7 Å². The maximum Gasteiger partial charge on any atom is 0.527 e. The van der Waals surface area contributed by atoms with Crippen molar-refractivity contribution in [2.45, 2.75) is 45.1 Å². The Balaban J connectivity index is 1.57. The van der Waals surface area contributed by atoms with Crippen molar-refractivity contribution < 1.29 is 57.4 Å². The second-order valence-corrected chi connectivity index (χ2v) is 9.80. The highest BCUT2D eigenvalue weighted by Crippen LogP contribution is 2.41. The smallest absolute Gasteiger partial charge is 0.222 e. The summed E-state index contributed by atoms with van der Waals surface area (Å²) in [7, 11) is 0. The summed E-state index contributed by atoms with van der Waals surface area (Å²) in [6.45, 7) is 1.91. The van der Waals surface area contributed by atoms with Crippen molar-refractivity contribution in [3.63, 3.8) is 0 Å². The first-order valence-corrected chi connectivity index (χ1v) is 12.9. The third-order valence-corrected chi connectivity index (χ3v) is 6.66. The molecule has 0 aliphatic heterocycles. The fourth-order valence-electron chi connectivity index (χ4n) is 4.74. The minimum absolute atomic E-state index is 0.000284. The molecule has 0 heterocycles. The first kappa shape index (κ1) is 32.9. The molecule has 4 aromatic rings. The molecule has 0 bridgehead atoms. The molecule has 0 saturated heterocycles. The van der Waals surface area contributed by atoms with Crippen molar-refractivity contribution in [3.8, 4) is 22.3 Å². The van der Waals surface area contributed by atoms with E-state index < -0.39 is 81.9 Å². The second kappa shape index (κ2) is 12.5. The zero-order valence-corrected chi connectivity index (χ0v) is 22.5. The maximum absolute atomic E-state index is 14.9. The normalized spacial score (nSPS) is 12.2. The summed E-state index contributed by atoms with van der Waals surface area (Å²) in [5.74, 6) is -10.2. The largest absolute Gasteiger partial charge is 0.527 e. The average molecular weight is 636 g/mol. The second-order valence-electron chi connectivity index (χ2n) is 9.80. The molecule has 0 spiro atoms. The highest BCUT2D eigenvalue weighted by Gasteiger charge is 2.49. The fraction of sp³-hybridized carbons (Fsp3) is 0.226. The molecule has 0 amide bonds. The Morgan fingerprint density at radius 2 is 1.07 bits per heavy atom. The first-order valence-electron chi connectivity index (χ1n) is 12.9.